The lowest BCUT2D eigenvalue weighted by atomic mass is 10.2. The van der Waals surface area contributed by atoms with E-state index in [0.717, 1.165) is 23.0 Å². The third-order valence-corrected chi connectivity index (χ3v) is 3.38. The molecule has 0 aliphatic rings. The van der Waals surface area contributed by atoms with Crippen molar-refractivity contribution in [1.29, 1.82) is 0 Å². The van der Waals surface area contributed by atoms with E-state index in [4.69, 9.17) is 11.6 Å². The van der Waals surface area contributed by atoms with Gasteiger partial charge in [0, 0.05) is 5.56 Å². The molecule has 0 aliphatic carbocycles. The number of fused-ring (bicyclic) bond motifs is 1. The number of amidine groups is 1. The lowest BCUT2D eigenvalue weighted by molar-refractivity contribution is 0.471. The standard InChI is InChI=1S/C14H10F4N6/c15-6-3-7-12(13(19)22-20)23-24(14(7)21-4-6)5-8-9(16)1-2-10(17)11(8)18/h1-4H,5,20H2,(H2,19,22). The number of pyridine rings is 1. The number of hydrogen-bond acceptors (Lipinski definition) is 4. The molecule has 0 bridgehead atoms. The summed E-state index contributed by atoms with van der Waals surface area (Å²) in [5.41, 5.74) is 5.12. The Hall–Kier alpha value is -3.17. The minimum atomic E-state index is -1.34. The smallest absolute Gasteiger partial charge is 0.171 e. The predicted octanol–water partition coefficient (Wildman–Crippen LogP) is 1.61. The Morgan fingerprint density at radius 1 is 1.17 bits per heavy atom. The number of hydrazone groups is 1. The van der Waals surface area contributed by atoms with Gasteiger partial charge in [0.25, 0.3) is 0 Å². The van der Waals surface area contributed by atoms with E-state index in [9.17, 15) is 17.6 Å². The summed E-state index contributed by atoms with van der Waals surface area (Å²) in [6.45, 7) is -0.484. The van der Waals surface area contributed by atoms with E-state index in [-0.39, 0.29) is 22.6 Å². The van der Waals surface area contributed by atoms with Crippen molar-refractivity contribution in [3.63, 3.8) is 0 Å². The highest BCUT2D eigenvalue weighted by Gasteiger charge is 2.20. The summed E-state index contributed by atoms with van der Waals surface area (Å²) in [5, 5.41) is 7.42. The maximum atomic E-state index is 13.8. The van der Waals surface area contributed by atoms with Crippen molar-refractivity contribution in [2.75, 3.05) is 0 Å². The van der Waals surface area contributed by atoms with Crippen LogP contribution in [0, 0.1) is 23.3 Å². The van der Waals surface area contributed by atoms with Crippen molar-refractivity contribution in [3.05, 3.63) is 58.9 Å². The lowest BCUT2D eigenvalue weighted by Gasteiger charge is -2.06. The van der Waals surface area contributed by atoms with Gasteiger partial charge >= 0.3 is 0 Å². The summed E-state index contributed by atoms with van der Waals surface area (Å²) in [5.74, 6) is 0.701. The molecule has 6 nitrogen and oxygen atoms in total. The molecule has 0 spiro atoms. The van der Waals surface area contributed by atoms with Crippen LogP contribution in [0.3, 0.4) is 0 Å². The van der Waals surface area contributed by atoms with Crippen LogP contribution in [0.25, 0.3) is 11.0 Å². The zero-order chi connectivity index (χ0) is 17.4. The number of nitrogens with zero attached hydrogens (tertiary/aromatic N) is 4. The van der Waals surface area contributed by atoms with Crippen molar-refractivity contribution in [2.45, 2.75) is 6.54 Å². The van der Waals surface area contributed by atoms with Gasteiger partial charge in [-0.05, 0) is 18.2 Å². The zero-order valence-corrected chi connectivity index (χ0v) is 12.0. The van der Waals surface area contributed by atoms with Crippen molar-refractivity contribution >= 4 is 16.9 Å². The van der Waals surface area contributed by atoms with Crippen LogP contribution in [-0.2, 0) is 6.54 Å². The van der Waals surface area contributed by atoms with Crippen LogP contribution in [-0.4, -0.2) is 20.6 Å². The first-order valence-corrected chi connectivity index (χ1v) is 6.60. The Morgan fingerprint density at radius 2 is 1.88 bits per heavy atom. The number of benzene rings is 1. The molecule has 0 saturated carbocycles. The summed E-state index contributed by atoms with van der Waals surface area (Å²) in [6, 6.07) is 2.55. The topological polar surface area (TPSA) is 95.1 Å². The molecule has 0 unspecified atom stereocenters. The number of hydrogen-bond donors (Lipinski definition) is 2. The average molecular weight is 338 g/mol. The van der Waals surface area contributed by atoms with Crippen LogP contribution in [0.5, 0.6) is 0 Å². The van der Waals surface area contributed by atoms with Crippen LogP contribution in [0.1, 0.15) is 11.3 Å². The molecule has 4 N–H and O–H groups in total. The number of aromatic nitrogens is 3. The fourth-order valence-corrected chi connectivity index (χ4v) is 2.26. The molecule has 0 radical (unpaired) electrons. The Bertz CT molecular complexity index is 966. The molecule has 0 fully saturated rings. The van der Waals surface area contributed by atoms with Gasteiger partial charge in [-0.25, -0.2) is 27.2 Å². The second kappa shape index (κ2) is 5.80. The highest BCUT2D eigenvalue weighted by Crippen LogP contribution is 2.22. The Balaban J connectivity index is 2.20. The van der Waals surface area contributed by atoms with Crippen LogP contribution in [0.15, 0.2) is 29.5 Å². The maximum Gasteiger partial charge on any atom is 0.171 e. The van der Waals surface area contributed by atoms with Gasteiger partial charge in [-0.2, -0.15) is 10.2 Å². The Kier molecular flexibility index (Phi) is 3.80. The summed E-state index contributed by atoms with van der Waals surface area (Å²) in [6.07, 6.45) is 0.901. The maximum absolute atomic E-state index is 13.8. The zero-order valence-electron chi connectivity index (χ0n) is 12.0. The summed E-state index contributed by atoms with van der Waals surface area (Å²) >= 11 is 0. The largest absolute Gasteiger partial charge is 0.380 e. The molecule has 3 aromatic rings. The van der Waals surface area contributed by atoms with Crippen LogP contribution in [0.2, 0.25) is 0 Å². The summed E-state index contributed by atoms with van der Waals surface area (Å²) < 4.78 is 55.5. The minimum Gasteiger partial charge on any atom is -0.380 e. The van der Waals surface area contributed by atoms with Crippen LogP contribution >= 0.6 is 0 Å². The minimum absolute atomic E-state index is 0.00304. The first-order valence-electron chi connectivity index (χ1n) is 6.60. The highest BCUT2D eigenvalue weighted by molar-refractivity contribution is 6.06. The molecule has 0 aliphatic heterocycles. The van der Waals surface area contributed by atoms with E-state index in [0.29, 0.717) is 6.07 Å². The molecule has 0 amide bonds. The molecular weight excluding hydrogens is 328 g/mol. The second-order valence-electron chi connectivity index (χ2n) is 4.87. The van der Waals surface area contributed by atoms with Crippen LogP contribution < -0.4 is 11.6 Å². The molecule has 0 atom stereocenters. The highest BCUT2D eigenvalue weighted by atomic mass is 19.2. The lowest BCUT2D eigenvalue weighted by Crippen LogP contribution is -2.17. The van der Waals surface area contributed by atoms with Crippen molar-refractivity contribution < 1.29 is 17.6 Å². The van der Waals surface area contributed by atoms with Gasteiger partial charge in [0.15, 0.2) is 23.1 Å². The van der Waals surface area contributed by atoms with E-state index < -0.39 is 35.4 Å². The van der Waals surface area contributed by atoms with Gasteiger partial charge < -0.3 is 11.6 Å². The van der Waals surface area contributed by atoms with Gasteiger partial charge in [0.1, 0.15) is 17.3 Å². The number of halogens is 4. The molecule has 124 valence electrons. The third kappa shape index (κ3) is 2.51. The Labute approximate surface area is 132 Å². The normalized spacial score (nSPS) is 12.1. The molecule has 0 saturated heterocycles. The third-order valence-electron chi connectivity index (χ3n) is 3.38. The SMILES string of the molecule is NN=C(N)c1nn(Cc2c(F)ccc(F)c2F)c2ncc(F)cc12. The molecule has 1 aromatic carbocycles. The number of nitrogens with two attached hydrogens (primary N) is 2. The fourth-order valence-electron chi connectivity index (χ4n) is 2.26. The molecule has 2 aromatic heterocycles. The van der Waals surface area contributed by atoms with Gasteiger partial charge in [-0.15, -0.1) is 0 Å². The average Bonchev–Trinajstić information content (AvgIpc) is 2.92. The molecule has 24 heavy (non-hydrogen) atoms. The van der Waals surface area contributed by atoms with E-state index in [1.165, 1.54) is 0 Å². The van der Waals surface area contributed by atoms with Gasteiger partial charge in [-0.1, -0.05) is 0 Å². The molecule has 2 heterocycles. The quantitative estimate of drug-likeness (QED) is 0.189. The predicted molar refractivity (Wildman–Crippen MR) is 77.8 cm³/mol. The second-order valence-corrected chi connectivity index (χ2v) is 4.87. The molecular formula is C14H10F4N6. The fraction of sp³-hybridized carbons (Fsp3) is 0.0714. The van der Waals surface area contributed by atoms with E-state index in [2.05, 4.69) is 15.2 Å². The van der Waals surface area contributed by atoms with E-state index in [1.807, 2.05) is 0 Å². The van der Waals surface area contributed by atoms with Crippen molar-refractivity contribution in [1.82, 2.24) is 14.8 Å². The number of rotatable bonds is 3. The first kappa shape index (κ1) is 15.7. The van der Waals surface area contributed by atoms with E-state index in [1.54, 1.807) is 0 Å². The van der Waals surface area contributed by atoms with Gasteiger partial charge in [0.05, 0.1) is 18.1 Å². The monoisotopic (exact) mass is 338 g/mol. The van der Waals surface area contributed by atoms with Gasteiger partial charge in [0.2, 0.25) is 0 Å². The van der Waals surface area contributed by atoms with Crippen molar-refractivity contribution in [3.8, 4) is 0 Å². The first-order chi connectivity index (χ1) is 11.4. The molecule has 3 rings (SSSR count). The summed E-state index contributed by atoms with van der Waals surface area (Å²) in [4.78, 5) is 3.83. The Morgan fingerprint density at radius 3 is 2.58 bits per heavy atom. The van der Waals surface area contributed by atoms with Crippen LogP contribution in [0.4, 0.5) is 17.6 Å². The van der Waals surface area contributed by atoms with Gasteiger partial charge in [-0.3, -0.25) is 0 Å². The summed E-state index contributed by atoms with van der Waals surface area (Å²) in [7, 11) is 0. The van der Waals surface area contributed by atoms with Crippen molar-refractivity contribution in [2.24, 2.45) is 16.7 Å². The molecule has 10 heteroatoms. The van der Waals surface area contributed by atoms with E-state index >= 15 is 0 Å².